The molecule has 3 heterocycles. The van der Waals surface area contributed by atoms with Crippen molar-refractivity contribution in [1.29, 1.82) is 5.26 Å². The summed E-state index contributed by atoms with van der Waals surface area (Å²) in [6.07, 6.45) is 1.51. The highest BCUT2D eigenvalue weighted by molar-refractivity contribution is 8.07. The van der Waals surface area contributed by atoms with Gasteiger partial charge in [-0.05, 0) is 12.1 Å². The van der Waals surface area contributed by atoms with Crippen molar-refractivity contribution in [3.63, 3.8) is 0 Å². The van der Waals surface area contributed by atoms with Gasteiger partial charge in [0, 0.05) is 22.4 Å². The zero-order valence-corrected chi connectivity index (χ0v) is 13.3. The van der Waals surface area contributed by atoms with Crippen molar-refractivity contribution in [3.05, 3.63) is 29.7 Å². The van der Waals surface area contributed by atoms with Crippen molar-refractivity contribution in [2.75, 3.05) is 5.75 Å². The molecule has 1 fully saturated rings. The van der Waals surface area contributed by atoms with Crippen molar-refractivity contribution in [1.82, 2.24) is 15.1 Å². The molecule has 5 nitrogen and oxygen atoms in total. The SMILES string of the molecule is CC1SCC(c2noc(-c3ccc(C#N)cn3)n2)SC1C. The fourth-order valence-corrected chi connectivity index (χ4v) is 4.81. The molecule has 1 aliphatic rings. The number of nitriles is 1. The molecular weight excluding hydrogens is 304 g/mol. The van der Waals surface area contributed by atoms with Crippen LogP contribution in [0.15, 0.2) is 22.9 Å². The number of hydrogen-bond acceptors (Lipinski definition) is 7. The van der Waals surface area contributed by atoms with Gasteiger partial charge in [-0.3, -0.25) is 0 Å². The molecule has 108 valence electrons. The number of aromatic nitrogens is 3. The van der Waals surface area contributed by atoms with Crippen LogP contribution in [0.25, 0.3) is 11.6 Å². The van der Waals surface area contributed by atoms with Crippen LogP contribution in [0.4, 0.5) is 0 Å². The van der Waals surface area contributed by atoms with E-state index in [9.17, 15) is 0 Å². The Balaban J connectivity index is 1.78. The van der Waals surface area contributed by atoms with E-state index in [0.29, 0.717) is 27.6 Å². The molecule has 0 bridgehead atoms. The van der Waals surface area contributed by atoms with Gasteiger partial charge in [0.2, 0.25) is 0 Å². The van der Waals surface area contributed by atoms with Crippen LogP contribution in [0, 0.1) is 11.3 Å². The van der Waals surface area contributed by atoms with E-state index in [1.54, 1.807) is 12.1 Å². The Morgan fingerprint density at radius 3 is 2.86 bits per heavy atom. The third-order valence-corrected chi connectivity index (χ3v) is 6.78. The van der Waals surface area contributed by atoms with Crippen LogP contribution >= 0.6 is 23.5 Å². The zero-order valence-electron chi connectivity index (χ0n) is 11.7. The minimum absolute atomic E-state index is 0.261. The third kappa shape index (κ3) is 3.06. The van der Waals surface area contributed by atoms with Gasteiger partial charge in [0.05, 0.1) is 10.8 Å². The van der Waals surface area contributed by atoms with E-state index in [1.807, 2.05) is 29.6 Å². The van der Waals surface area contributed by atoms with E-state index in [1.165, 1.54) is 6.20 Å². The lowest BCUT2D eigenvalue weighted by Gasteiger charge is -2.29. The van der Waals surface area contributed by atoms with E-state index in [0.717, 1.165) is 11.6 Å². The first kappa shape index (κ1) is 14.4. The molecule has 1 saturated heterocycles. The molecular formula is C14H14N4OS2. The Morgan fingerprint density at radius 2 is 2.19 bits per heavy atom. The minimum atomic E-state index is 0.261. The van der Waals surface area contributed by atoms with Crippen molar-refractivity contribution in [2.45, 2.75) is 29.6 Å². The molecule has 7 heteroatoms. The van der Waals surface area contributed by atoms with Crippen molar-refractivity contribution in [3.8, 4) is 17.7 Å². The molecule has 2 aromatic rings. The highest BCUT2D eigenvalue weighted by Crippen LogP contribution is 2.43. The van der Waals surface area contributed by atoms with Gasteiger partial charge in [0.25, 0.3) is 5.89 Å². The summed E-state index contributed by atoms with van der Waals surface area (Å²) in [7, 11) is 0. The van der Waals surface area contributed by atoms with Gasteiger partial charge in [-0.2, -0.15) is 22.0 Å². The van der Waals surface area contributed by atoms with Crippen LogP contribution in [0.3, 0.4) is 0 Å². The molecule has 3 unspecified atom stereocenters. The average Bonchev–Trinajstić information content (AvgIpc) is 3.00. The fraction of sp³-hybridized carbons (Fsp3) is 0.429. The van der Waals surface area contributed by atoms with Crippen LogP contribution in [0.1, 0.15) is 30.5 Å². The van der Waals surface area contributed by atoms with E-state index in [2.05, 4.69) is 29.0 Å². The molecule has 0 aliphatic carbocycles. The normalized spacial score (nSPS) is 25.5. The number of nitrogens with zero attached hydrogens (tertiary/aromatic N) is 4. The summed E-state index contributed by atoms with van der Waals surface area (Å²) < 4.78 is 5.31. The Morgan fingerprint density at radius 1 is 1.33 bits per heavy atom. The summed E-state index contributed by atoms with van der Waals surface area (Å²) in [5.74, 6) is 2.13. The second-order valence-electron chi connectivity index (χ2n) is 4.87. The quantitative estimate of drug-likeness (QED) is 0.840. The Kier molecular flexibility index (Phi) is 4.17. The first-order chi connectivity index (χ1) is 10.2. The number of thioether (sulfide) groups is 2. The molecule has 0 saturated carbocycles. The van der Waals surface area contributed by atoms with Gasteiger partial charge in [0.15, 0.2) is 5.82 Å². The molecule has 2 aromatic heterocycles. The molecule has 3 rings (SSSR count). The Labute approximate surface area is 131 Å². The maximum Gasteiger partial charge on any atom is 0.276 e. The summed E-state index contributed by atoms with van der Waals surface area (Å²) in [6, 6.07) is 5.46. The van der Waals surface area contributed by atoms with Crippen molar-refractivity contribution < 1.29 is 4.52 Å². The van der Waals surface area contributed by atoms with Crippen LogP contribution in [-0.2, 0) is 0 Å². The zero-order chi connectivity index (χ0) is 14.8. The monoisotopic (exact) mass is 318 g/mol. The predicted molar refractivity (Wildman–Crippen MR) is 84.0 cm³/mol. The molecule has 0 amide bonds. The summed E-state index contributed by atoms with van der Waals surface area (Å²) in [4.78, 5) is 8.64. The Bertz CT molecular complexity index is 664. The minimum Gasteiger partial charge on any atom is -0.332 e. The molecule has 0 N–H and O–H groups in total. The third-order valence-electron chi connectivity index (χ3n) is 3.39. The molecule has 0 aromatic carbocycles. The first-order valence-electron chi connectivity index (χ1n) is 6.64. The molecule has 0 radical (unpaired) electrons. The standard InChI is InChI=1S/C14H14N4OS2/c1-8-9(2)21-12(7-20-8)13-17-14(19-18-13)11-4-3-10(5-15)6-16-11/h3-4,6,8-9,12H,7H2,1-2H3. The summed E-state index contributed by atoms with van der Waals surface area (Å²) in [5.41, 5.74) is 1.11. The lowest BCUT2D eigenvalue weighted by Crippen LogP contribution is -2.22. The maximum atomic E-state index is 8.77. The largest absolute Gasteiger partial charge is 0.332 e. The Hall–Kier alpha value is -1.52. The van der Waals surface area contributed by atoms with Gasteiger partial charge >= 0.3 is 0 Å². The van der Waals surface area contributed by atoms with Gasteiger partial charge < -0.3 is 4.52 Å². The van der Waals surface area contributed by atoms with Gasteiger partial charge in [0.1, 0.15) is 11.8 Å². The molecule has 1 aliphatic heterocycles. The van der Waals surface area contributed by atoms with Gasteiger partial charge in [-0.25, -0.2) is 4.98 Å². The second kappa shape index (κ2) is 6.08. The average molecular weight is 318 g/mol. The van der Waals surface area contributed by atoms with E-state index < -0.39 is 0 Å². The number of hydrogen-bond donors (Lipinski definition) is 0. The predicted octanol–water partition coefficient (Wildman–Crippen LogP) is 3.30. The first-order valence-corrected chi connectivity index (χ1v) is 8.63. The lowest BCUT2D eigenvalue weighted by molar-refractivity contribution is 0.421. The maximum absolute atomic E-state index is 8.77. The van der Waals surface area contributed by atoms with E-state index in [-0.39, 0.29) is 5.25 Å². The van der Waals surface area contributed by atoms with Gasteiger partial charge in [-0.15, -0.1) is 11.8 Å². The van der Waals surface area contributed by atoms with Crippen molar-refractivity contribution >= 4 is 23.5 Å². The van der Waals surface area contributed by atoms with Crippen LogP contribution in [0.5, 0.6) is 0 Å². The summed E-state index contributed by atoms with van der Waals surface area (Å²) in [6.45, 7) is 4.48. The summed E-state index contributed by atoms with van der Waals surface area (Å²) >= 11 is 3.84. The number of pyridine rings is 1. The van der Waals surface area contributed by atoms with E-state index in [4.69, 9.17) is 9.78 Å². The van der Waals surface area contributed by atoms with E-state index >= 15 is 0 Å². The lowest BCUT2D eigenvalue weighted by atomic mass is 10.3. The fourth-order valence-electron chi connectivity index (χ4n) is 1.98. The highest BCUT2D eigenvalue weighted by atomic mass is 32.2. The number of rotatable bonds is 2. The van der Waals surface area contributed by atoms with Crippen molar-refractivity contribution in [2.24, 2.45) is 0 Å². The molecule has 3 atom stereocenters. The smallest absolute Gasteiger partial charge is 0.276 e. The molecule has 21 heavy (non-hydrogen) atoms. The summed E-state index contributed by atoms with van der Waals surface area (Å²) in [5, 5.41) is 14.4. The molecule has 0 spiro atoms. The van der Waals surface area contributed by atoms with Crippen LogP contribution in [0.2, 0.25) is 0 Å². The van der Waals surface area contributed by atoms with Crippen LogP contribution < -0.4 is 0 Å². The topological polar surface area (TPSA) is 75.6 Å². The highest BCUT2D eigenvalue weighted by Gasteiger charge is 2.30. The second-order valence-corrected chi connectivity index (χ2v) is 7.86. The van der Waals surface area contributed by atoms with Gasteiger partial charge in [-0.1, -0.05) is 19.0 Å². The van der Waals surface area contributed by atoms with Crippen LogP contribution in [-0.4, -0.2) is 31.4 Å².